The van der Waals surface area contributed by atoms with Gasteiger partial charge in [0.2, 0.25) is 0 Å². The predicted octanol–water partition coefficient (Wildman–Crippen LogP) is 2.09. The largest absolute Gasteiger partial charge is 0.476 e. The minimum Gasteiger partial charge on any atom is -0.476 e. The van der Waals surface area contributed by atoms with E-state index in [9.17, 15) is 4.79 Å². The highest BCUT2D eigenvalue weighted by atomic mass is 16.5. The number of aromatic carboxylic acids is 1. The van der Waals surface area contributed by atoms with Gasteiger partial charge in [0, 0.05) is 5.56 Å². The summed E-state index contributed by atoms with van der Waals surface area (Å²) in [4.78, 5) is 10.8. The summed E-state index contributed by atoms with van der Waals surface area (Å²) in [6.45, 7) is 3.61. The molecule has 0 fully saturated rings. The van der Waals surface area contributed by atoms with Crippen LogP contribution in [0.5, 0.6) is 0 Å². The number of nitrogens with zero attached hydrogens (tertiary/aromatic N) is 1. The highest BCUT2D eigenvalue weighted by molar-refractivity contribution is 5.87. The monoisotopic (exact) mass is 223 g/mol. The standard InChI is InChI=1S/C11H13NO4/c1-6-4-3-5-8(15-6)10-7(2)9(11(13)14)12-16-10/h3-4,6,8H,5H2,1-2H3,(H,13,14)/t6-,8+/m1/s1. The van der Waals surface area contributed by atoms with E-state index in [1.165, 1.54) is 0 Å². The first-order chi connectivity index (χ1) is 7.59. The quantitative estimate of drug-likeness (QED) is 0.777. The van der Waals surface area contributed by atoms with Gasteiger partial charge in [-0.15, -0.1) is 0 Å². The summed E-state index contributed by atoms with van der Waals surface area (Å²) >= 11 is 0. The lowest BCUT2D eigenvalue weighted by Gasteiger charge is -2.21. The van der Waals surface area contributed by atoms with Gasteiger partial charge in [0.1, 0.15) is 6.10 Å². The molecule has 0 saturated carbocycles. The van der Waals surface area contributed by atoms with Crippen LogP contribution < -0.4 is 0 Å². The summed E-state index contributed by atoms with van der Waals surface area (Å²) in [5.41, 5.74) is 0.501. The first-order valence-electron chi connectivity index (χ1n) is 5.11. The SMILES string of the molecule is Cc1c(C(=O)O)noc1[C@@H]1CC=C[C@@H](C)O1. The summed E-state index contributed by atoms with van der Waals surface area (Å²) in [7, 11) is 0. The van der Waals surface area contributed by atoms with Crippen LogP contribution in [0.3, 0.4) is 0 Å². The van der Waals surface area contributed by atoms with E-state index in [1.54, 1.807) is 6.92 Å². The summed E-state index contributed by atoms with van der Waals surface area (Å²) in [6.07, 6.45) is 4.41. The molecule has 0 aliphatic carbocycles. The van der Waals surface area contributed by atoms with Crippen molar-refractivity contribution in [3.8, 4) is 0 Å². The molecule has 1 aromatic rings. The minimum absolute atomic E-state index is 0.0107. The Morgan fingerprint density at radius 1 is 1.62 bits per heavy atom. The molecule has 1 aliphatic heterocycles. The van der Waals surface area contributed by atoms with E-state index in [2.05, 4.69) is 5.16 Å². The second-order valence-corrected chi connectivity index (χ2v) is 3.82. The van der Waals surface area contributed by atoms with E-state index in [4.69, 9.17) is 14.4 Å². The maximum absolute atomic E-state index is 10.8. The lowest BCUT2D eigenvalue weighted by atomic mass is 10.1. The lowest BCUT2D eigenvalue weighted by molar-refractivity contribution is -0.00160. The van der Waals surface area contributed by atoms with Gasteiger partial charge in [-0.1, -0.05) is 17.3 Å². The number of carboxylic acid groups (broad SMARTS) is 1. The molecule has 16 heavy (non-hydrogen) atoms. The van der Waals surface area contributed by atoms with Crippen molar-refractivity contribution in [1.29, 1.82) is 0 Å². The third kappa shape index (κ3) is 1.86. The van der Waals surface area contributed by atoms with Crippen molar-refractivity contribution in [3.63, 3.8) is 0 Å². The Morgan fingerprint density at radius 2 is 2.38 bits per heavy atom. The molecule has 0 unspecified atom stereocenters. The van der Waals surface area contributed by atoms with Gasteiger partial charge in [-0.2, -0.15) is 0 Å². The topological polar surface area (TPSA) is 72.6 Å². The Labute approximate surface area is 92.7 Å². The van der Waals surface area contributed by atoms with Crippen molar-refractivity contribution >= 4 is 5.97 Å². The number of carboxylic acids is 1. The molecule has 5 heteroatoms. The van der Waals surface area contributed by atoms with Crippen LogP contribution in [0.15, 0.2) is 16.7 Å². The molecular weight excluding hydrogens is 210 g/mol. The van der Waals surface area contributed by atoms with Crippen LogP contribution in [0.1, 0.15) is 41.3 Å². The van der Waals surface area contributed by atoms with Gasteiger partial charge >= 0.3 is 5.97 Å². The highest BCUT2D eigenvalue weighted by Gasteiger charge is 2.26. The molecule has 86 valence electrons. The van der Waals surface area contributed by atoms with Gasteiger partial charge in [0.25, 0.3) is 0 Å². The molecule has 5 nitrogen and oxygen atoms in total. The second kappa shape index (κ2) is 4.09. The van der Waals surface area contributed by atoms with Gasteiger partial charge in [0.15, 0.2) is 11.5 Å². The van der Waals surface area contributed by atoms with Crippen LogP contribution in [-0.2, 0) is 4.74 Å². The molecule has 0 aromatic carbocycles. The first kappa shape index (κ1) is 10.9. The molecule has 0 bridgehead atoms. The second-order valence-electron chi connectivity index (χ2n) is 3.82. The molecule has 0 saturated heterocycles. The summed E-state index contributed by atoms with van der Waals surface area (Å²) in [5, 5.41) is 12.4. The Kier molecular flexibility index (Phi) is 2.78. The fraction of sp³-hybridized carbons (Fsp3) is 0.455. The zero-order valence-corrected chi connectivity index (χ0v) is 9.14. The van der Waals surface area contributed by atoms with Crippen LogP contribution in [-0.4, -0.2) is 22.3 Å². The average molecular weight is 223 g/mol. The Hall–Kier alpha value is -1.62. The summed E-state index contributed by atoms with van der Waals surface area (Å²) in [6, 6.07) is 0. The van der Waals surface area contributed by atoms with E-state index in [1.807, 2.05) is 19.1 Å². The molecule has 2 heterocycles. The number of hydrogen-bond donors (Lipinski definition) is 1. The van der Waals surface area contributed by atoms with Gasteiger partial charge in [-0.05, 0) is 20.3 Å². The van der Waals surface area contributed by atoms with Crippen molar-refractivity contribution < 1.29 is 19.2 Å². The highest BCUT2D eigenvalue weighted by Crippen LogP contribution is 2.30. The van der Waals surface area contributed by atoms with Crippen LogP contribution in [0.25, 0.3) is 0 Å². The van der Waals surface area contributed by atoms with Crippen LogP contribution in [0, 0.1) is 6.92 Å². The molecular formula is C11H13NO4. The fourth-order valence-electron chi connectivity index (χ4n) is 1.77. The lowest BCUT2D eigenvalue weighted by Crippen LogP contribution is -2.15. The van der Waals surface area contributed by atoms with Crippen LogP contribution in [0.4, 0.5) is 0 Å². The predicted molar refractivity (Wildman–Crippen MR) is 55.2 cm³/mol. The molecule has 1 N–H and O–H groups in total. The maximum atomic E-state index is 10.8. The zero-order chi connectivity index (χ0) is 11.7. The molecule has 2 rings (SSSR count). The Bertz CT molecular complexity index is 435. The van der Waals surface area contributed by atoms with Crippen molar-refractivity contribution in [3.05, 3.63) is 29.2 Å². The number of carbonyl (C=O) groups is 1. The van der Waals surface area contributed by atoms with E-state index in [0.29, 0.717) is 17.7 Å². The minimum atomic E-state index is -1.08. The van der Waals surface area contributed by atoms with E-state index in [0.717, 1.165) is 0 Å². The number of aromatic nitrogens is 1. The number of hydrogen-bond acceptors (Lipinski definition) is 4. The molecule has 1 aromatic heterocycles. The van der Waals surface area contributed by atoms with Crippen molar-refractivity contribution in [2.75, 3.05) is 0 Å². The first-order valence-corrected chi connectivity index (χ1v) is 5.11. The fourth-order valence-corrected chi connectivity index (χ4v) is 1.77. The Balaban J connectivity index is 2.28. The smallest absolute Gasteiger partial charge is 0.358 e. The van der Waals surface area contributed by atoms with Gasteiger partial charge < -0.3 is 14.4 Å². The van der Waals surface area contributed by atoms with Gasteiger partial charge in [0.05, 0.1) is 6.10 Å². The van der Waals surface area contributed by atoms with E-state index < -0.39 is 5.97 Å². The molecule has 1 aliphatic rings. The molecule has 2 atom stereocenters. The molecule has 0 amide bonds. The van der Waals surface area contributed by atoms with Crippen molar-refractivity contribution in [2.24, 2.45) is 0 Å². The average Bonchev–Trinajstić information content (AvgIpc) is 2.60. The number of ether oxygens (including phenoxy) is 1. The summed E-state index contributed by atoms with van der Waals surface area (Å²) in [5.74, 6) is -0.569. The molecule has 0 radical (unpaired) electrons. The number of rotatable bonds is 2. The third-order valence-corrected chi connectivity index (χ3v) is 2.59. The third-order valence-electron chi connectivity index (χ3n) is 2.59. The normalized spacial score (nSPS) is 24.6. The van der Waals surface area contributed by atoms with Crippen LogP contribution >= 0.6 is 0 Å². The molecule has 0 spiro atoms. The summed E-state index contributed by atoms with van der Waals surface area (Å²) < 4.78 is 10.7. The Morgan fingerprint density at radius 3 is 2.94 bits per heavy atom. The van der Waals surface area contributed by atoms with Crippen LogP contribution in [0.2, 0.25) is 0 Å². The van der Waals surface area contributed by atoms with Gasteiger partial charge in [-0.25, -0.2) is 4.79 Å². The van der Waals surface area contributed by atoms with E-state index in [-0.39, 0.29) is 17.9 Å². The van der Waals surface area contributed by atoms with Crippen molar-refractivity contribution in [1.82, 2.24) is 5.16 Å². The van der Waals surface area contributed by atoms with E-state index >= 15 is 0 Å². The van der Waals surface area contributed by atoms with Crippen molar-refractivity contribution in [2.45, 2.75) is 32.5 Å². The zero-order valence-electron chi connectivity index (χ0n) is 9.14. The van der Waals surface area contributed by atoms with Gasteiger partial charge in [-0.3, -0.25) is 0 Å². The maximum Gasteiger partial charge on any atom is 0.358 e.